The molecule has 8 nitrogen and oxygen atoms in total. The molecule has 0 aliphatic carbocycles. The molecule has 1 N–H and O–H groups in total. The Hall–Kier alpha value is -3.92. The van der Waals surface area contributed by atoms with Crippen LogP contribution in [-0.2, 0) is 15.5 Å². The van der Waals surface area contributed by atoms with Crippen molar-refractivity contribution in [3.63, 3.8) is 0 Å². The molecule has 0 bridgehead atoms. The van der Waals surface area contributed by atoms with Crippen molar-refractivity contribution in [2.75, 3.05) is 41.4 Å². The third-order valence-corrected chi connectivity index (χ3v) is 6.69. The monoisotopic (exact) mass is 507 g/mol. The van der Waals surface area contributed by atoms with Gasteiger partial charge in [-0.2, -0.15) is 8.78 Å². The van der Waals surface area contributed by atoms with Crippen molar-refractivity contribution in [1.29, 1.82) is 0 Å². The van der Waals surface area contributed by atoms with Gasteiger partial charge in [0, 0.05) is 49.2 Å². The number of carbonyl (C=O) groups is 2. The lowest BCUT2D eigenvalue weighted by molar-refractivity contribution is -0.122. The largest absolute Gasteiger partial charge is 0.377 e. The number of ether oxygens (including phenoxy) is 1. The Balaban J connectivity index is 1.47. The Labute approximate surface area is 213 Å². The van der Waals surface area contributed by atoms with Crippen LogP contribution in [0.1, 0.15) is 35.5 Å². The first-order chi connectivity index (χ1) is 17.7. The van der Waals surface area contributed by atoms with Gasteiger partial charge in [-0.05, 0) is 55.3 Å². The fraction of sp³-hybridized carbons (Fsp3) is 0.333. The standard InChI is InChI=1S/C27H27F2N5O3/c1-4-33-24-21(34-9-10-37-15-22(34)26(33)36)11-18(14-31-24)20-13-19(6-5-16(20)2)32-25(35)17-7-8-30-23(12-17)27(3,28)29/h5-8,11-14,22H,4,9-10,15H2,1-3H3,(H,32,35). The number of alkyl halides is 2. The zero-order chi connectivity index (χ0) is 26.3. The minimum Gasteiger partial charge on any atom is -0.377 e. The van der Waals surface area contributed by atoms with Crippen LogP contribution in [0.15, 0.2) is 48.8 Å². The summed E-state index contributed by atoms with van der Waals surface area (Å²) in [5.74, 6) is -3.06. The normalized spacial score (nSPS) is 17.3. The molecule has 0 spiro atoms. The molecule has 2 aromatic heterocycles. The second-order valence-electron chi connectivity index (χ2n) is 9.24. The van der Waals surface area contributed by atoms with E-state index in [4.69, 9.17) is 4.74 Å². The number of carbonyl (C=O) groups excluding carboxylic acids is 2. The summed E-state index contributed by atoms with van der Waals surface area (Å²) >= 11 is 0. The smallest absolute Gasteiger partial charge is 0.286 e. The Bertz CT molecular complexity index is 1370. The maximum Gasteiger partial charge on any atom is 0.286 e. The number of rotatable bonds is 5. The van der Waals surface area contributed by atoms with Crippen LogP contribution < -0.4 is 15.1 Å². The van der Waals surface area contributed by atoms with E-state index < -0.39 is 17.5 Å². The first kappa shape index (κ1) is 24.8. The number of nitrogens with zero attached hydrogens (tertiary/aromatic N) is 4. The molecular formula is C27H27F2N5O3. The summed E-state index contributed by atoms with van der Waals surface area (Å²) in [4.78, 5) is 37.9. The molecule has 1 saturated heterocycles. The number of likely N-dealkylation sites (N-methyl/N-ethyl adjacent to an activating group) is 1. The van der Waals surface area contributed by atoms with Gasteiger partial charge in [0.15, 0.2) is 5.82 Å². The molecule has 1 fully saturated rings. The Morgan fingerprint density at radius 3 is 2.78 bits per heavy atom. The molecule has 4 heterocycles. The summed E-state index contributed by atoms with van der Waals surface area (Å²) in [5, 5.41) is 2.79. The van der Waals surface area contributed by atoms with Crippen molar-refractivity contribution in [2.45, 2.75) is 32.7 Å². The van der Waals surface area contributed by atoms with Crippen LogP contribution in [0.25, 0.3) is 11.1 Å². The highest BCUT2D eigenvalue weighted by Gasteiger charge is 2.40. The minimum absolute atomic E-state index is 0.0176. The van der Waals surface area contributed by atoms with Gasteiger partial charge in [-0.3, -0.25) is 19.5 Å². The summed E-state index contributed by atoms with van der Waals surface area (Å²) < 4.78 is 32.9. The van der Waals surface area contributed by atoms with Gasteiger partial charge in [0.05, 0.1) is 18.9 Å². The Morgan fingerprint density at radius 1 is 1.22 bits per heavy atom. The molecule has 0 radical (unpaired) electrons. The molecule has 10 heteroatoms. The van der Waals surface area contributed by atoms with E-state index in [-0.39, 0.29) is 17.5 Å². The van der Waals surface area contributed by atoms with Gasteiger partial charge >= 0.3 is 0 Å². The summed E-state index contributed by atoms with van der Waals surface area (Å²) in [7, 11) is 0. The topological polar surface area (TPSA) is 87.7 Å². The molecule has 5 rings (SSSR count). The quantitative estimate of drug-likeness (QED) is 0.551. The average Bonchev–Trinajstić information content (AvgIpc) is 2.89. The number of amides is 2. The number of halogens is 2. The highest BCUT2D eigenvalue weighted by atomic mass is 19.3. The number of benzene rings is 1. The first-order valence-corrected chi connectivity index (χ1v) is 12.1. The number of hydrogen-bond donors (Lipinski definition) is 1. The van der Waals surface area contributed by atoms with Crippen LogP contribution in [0.5, 0.6) is 0 Å². The zero-order valence-electron chi connectivity index (χ0n) is 20.8. The molecule has 37 heavy (non-hydrogen) atoms. The minimum atomic E-state index is -3.15. The Kier molecular flexibility index (Phi) is 6.36. The van der Waals surface area contributed by atoms with Crippen molar-refractivity contribution in [1.82, 2.24) is 9.97 Å². The highest BCUT2D eigenvalue weighted by molar-refractivity contribution is 6.06. The molecule has 1 aromatic carbocycles. The van der Waals surface area contributed by atoms with Gasteiger partial charge in [0.25, 0.3) is 17.7 Å². The fourth-order valence-corrected chi connectivity index (χ4v) is 4.72. The van der Waals surface area contributed by atoms with Crippen molar-refractivity contribution < 1.29 is 23.1 Å². The molecule has 2 aliphatic rings. The zero-order valence-corrected chi connectivity index (χ0v) is 20.8. The summed E-state index contributed by atoms with van der Waals surface area (Å²) in [6, 6.07) is 9.59. The summed E-state index contributed by atoms with van der Waals surface area (Å²) in [5.41, 5.74) is 3.66. The second-order valence-corrected chi connectivity index (χ2v) is 9.24. The number of morpholine rings is 1. The van der Waals surface area contributed by atoms with Crippen LogP contribution in [0, 0.1) is 6.92 Å². The van der Waals surface area contributed by atoms with E-state index in [1.165, 1.54) is 12.3 Å². The number of aryl methyl sites for hydroxylation is 1. The van der Waals surface area contributed by atoms with Crippen LogP contribution in [0.4, 0.5) is 26.0 Å². The maximum atomic E-state index is 13.7. The average molecular weight is 508 g/mol. The van der Waals surface area contributed by atoms with E-state index in [1.54, 1.807) is 17.2 Å². The van der Waals surface area contributed by atoms with Crippen LogP contribution in [0.2, 0.25) is 0 Å². The van der Waals surface area contributed by atoms with Crippen LogP contribution in [-0.4, -0.2) is 54.1 Å². The number of nitrogens with one attached hydrogen (secondary N) is 1. The summed E-state index contributed by atoms with van der Waals surface area (Å²) in [6.07, 6.45) is 2.92. The van der Waals surface area contributed by atoms with Gasteiger partial charge in [0.2, 0.25) is 0 Å². The first-order valence-electron chi connectivity index (χ1n) is 12.1. The van der Waals surface area contributed by atoms with Crippen molar-refractivity contribution in [3.05, 3.63) is 65.6 Å². The second kappa shape index (κ2) is 9.51. The molecule has 2 aliphatic heterocycles. The lowest BCUT2D eigenvalue weighted by atomic mass is 9.99. The fourth-order valence-electron chi connectivity index (χ4n) is 4.72. The highest BCUT2D eigenvalue weighted by Crippen LogP contribution is 2.39. The van der Waals surface area contributed by atoms with Crippen molar-refractivity contribution >= 4 is 29.0 Å². The molecule has 2 amide bonds. The molecule has 0 saturated carbocycles. The maximum absolute atomic E-state index is 13.7. The van der Waals surface area contributed by atoms with E-state index in [0.29, 0.717) is 37.8 Å². The van der Waals surface area contributed by atoms with E-state index >= 15 is 0 Å². The third-order valence-electron chi connectivity index (χ3n) is 6.69. The molecule has 192 valence electrons. The SMILES string of the molecule is CCN1C(=O)C2COCCN2c2cc(-c3cc(NC(=O)c4ccnc(C(C)(F)F)c4)ccc3C)cnc21. The number of hydrogen-bond acceptors (Lipinski definition) is 6. The van der Waals surface area contributed by atoms with Gasteiger partial charge in [-0.1, -0.05) is 6.07 Å². The van der Waals surface area contributed by atoms with Gasteiger partial charge in [0.1, 0.15) is 11.7 Å². The van der Waals surface area contributed by atoms with E-state index in [9.17, 15) is 18.4 Å². The molecule has 1 unspecified atom stereocenters. The predicted octanol–water partition coefficient (Wildman–Crippen LogP) is 4.39. The Morgan fingerprint density at radius 2 is 2.03 bits per heavy atom. The lowest BCUT2D eigenvalue weighted by Gasteiger charge is -2.44. The number of anilines is 3. The third kappa shape index (κ3) is 4.64. The molecule has 3 aromatic rings. The van der Waals surface area contributed by atoms with Gasteiger partial charge in [-0.25, -0.2) is 4.98 Å². The van der Waals surface area contributed by atoms with Gasteiger partial charge < -0.3 is 15.0 Å². The lowest BCUT2D eigenvalue weighted by Crippen LogP contribution is -2.59. The number of pyridine rings is 2. The number of fused-ring (bicyclic) bond motifs is 3. The van der Waals surface area contributed by atoms with Crippen molar-refractivity contribution in [3.8, 4) is 11.1 Å². The van der Waals surface area contributed by atoms with E-state index in [2.05, 4.69) is 20.2 Å². The van der Waals surface area contributed by atoms with E-state index in [0.717, 1.165) is 35.4 Å². The van der Waals surface area contributed by atoms with E-state index in [1.807, 2.05) is 32.0 Å². The predicted molar refractivity (Wildman–Crippen MR) is 136 cm³/mol. The molecule has 1 atom stereocenters. The molecular weight excluding hydrogens is 480 g/mol. The van der Waals surface area contributed by atoms with Gasteiger partial charge in [-0.15, -0.1) is 0 Å². The number of aromatic nitrogens is 2. The van der Waals surface area contributed by atoms with Crippen LogP contribution in [0.3, 0.4) is 0 Å². The van der Waals surface area contributed by atoms with Crippen molar-refractivity contribution in [2.24, 2.45) is 0 Å². The summed E-state index contributed by atoms with van der Waals surface area (Å²) in [6.45, 7) is 6.57. The van der Waals surface area contributed by atoms with Crippen LogP contribution >= 0.6 is 0 Å².